The van der Waals surface area contributed by atoms with Crippen molar-refractivity contribution in [2.75, 3.05) is 0 Å². The smallest absolute Gasteiger partial charge is 0.425 e. The predicted molar refractivity (Wildman–Crippen MR) is 111 cm³/mol. The highest BCUT2D eigenvalue weighted by molar-refractivity contribution is 6.32. The van der Waals surface area contributed by atoms with Crippen molar-refractivity contribution >= 4 is 34.7 Å². The summed E-state index contributed by atoms with van der Waals surface area (Å²) in [7, 11) is 0. The lowest BCUT2D eigenvalue weighted by Crippen LogP contribution is -2.43. The molecule has 2 aromatic heterocycles. The van der Waals surface area contributed by atoms with Gasteiger partial charge in [0.15, 0.2) is 0 Å². The zero-order chi connectivity index (χ0) is 23.7. The third-order valence-electron chi connectivity index (χ3n) is 4.46. The fourth-order valence-electron chi connectivity index (χ4n) is 2.82. The van der Waals surface area contributed by atoms with Crippen molar-refractivity contribution in [3.8, 4) is 11.6 Å². The van der Waals surface area contributed by atoms with Gasteiger partial charge < -0.3 is 14.9 Å². The zero-order valence-electron chi connectivity index (χ0n) is 15.9. The van der Waals surface area contributed by atoms with E-state index in [1.807, 2.05) is 0 Å². The average Bonchev–Trinajstić information content (AvgIpc) is 2.73. The van der Waals surface area contributed by atoms with Crippen LogP contribution in [-0.2, 0) is 5.60 Å². The third-order valence-corrected chi connectivity index (χ3v) is 5.00. The number of rotatable bonds is 6. The topological polar surface area (TPSA) is 92.5 Å². The summed E-state index contributed by atoms with van der Waals surface area (Å²) in [5.41, 5.74) is -5.20. The van der Waals surface area contributed by atoms with Gasteiger partial charge in [-0.25, -0.2) is 14.8 Å². The number of halogens is 5. The van der Waals surface area contributed by atoms with Crippen LogP contribution in [0.4, 0.5) is 13.2 Å². The normalized spacial score (nSPS) is 13.3. The van der Waals surface area contributed by atoms with E-state index in [-0.39, 0.29) is 32.9 Å². The van der Waals surface area contributed by atoms with E-state index in [2.05, 4.69) is 16.5 Å². The van der Waals surface area contributed by atoms with Crippen LogP contribution in [0, 0.1) is 0 Å². The van der Waals surface area contributed by atoms with Gasteiger partial charge in [0.25, 0.3) is 0 Å². The molecule has 6 nitrogen and oxygen atoms in total. The second kappa shape index (κ2) is 8.78. The Morgan fingerprint density at radius 2 is 1.78 bits per heavy atom. The molecule has 0 amide bonds. The van der Waals surface area contributed by atoms with Crippen molar-refractivity contribution in [2.45, 2.75) is 11.8 Å². The highest BCUT2D eigenvalue weighted by Gasteiger charge is 2.57. The molecule has 166 valence electrons. The first-order chi connectivity index (χ1) is 14.9. The van der Waals surface area contributed by atoms with E-state index >= 15 is 0 Å². The fourth-order valence-corrected chi connectivity index (χ4v) is 3.22. The van der Waals surface area contributed by atoms with Gasteiger partial charge in [-0.1, -0.05) is 29.8 Å². The number of carboxylic acid groups (broad SMARTS) is 1. The summed E-state index contributed by atoms with van der Waals surface area (Å²) >= 11 is 11.8. The van der Waals surface area contributed by atoms with Crippen LogP contribution in [0.2, 0.25) is 10.2 Å². The number of carboxylic acids is 1. The predicted octanol–water partition coefficient (Wildman–Crippen LogP) is 5.74. The minimum atomic E-state index is -5.18. The summed E-state index contributed by atoms with van der Waals surface area (Å²) in [6, 6.07) is 8.14. The van der Waals surface area contributed by atoms with Crippen molar-refractivity contribution in [1.82, 2.24) is 9.97 Å². The number of alkyl halides is 3. The second-order valence-electron chi connectivity index (χ2n) is 6.49. The number of ether oxygens (including phenoxy) is 1. The quantitative estimate of drug-likeness (QED) is 0.433. The van der Waals surface area contributed by atoms with Crippen LogP contribution < -0.4 is 4.74 Å². The first kappa shape index (κ1) is 23.5. The second-order valence-corrected chi connectivity index (χ2v) is 7.28. The van der Waals surface area contributed by atoms with E-state index < -0.39 is 28.9 Å². The number of aliphatic hydroxyl groups is 1. The number of benzene rings is 1. The van der Waals surface area contributed by atoms with Crippen LogP contribution in [0.25, 0.3) is 5.57 Å². The molecule has 0 aliphatic heterocycles. The summed E-state index contributed by atoms with van der Waals surface area (Å²) < 4.78 is 47.6. The van der Waals surface area contributed by atoms with Crippen molar-refractivity contribution < 1.29 is 32.9 Å². The van der Waals surface area contributed by atoms with Gasteiger partial charge in [-0.15, -0.1) is 0 Å². The van der Waals surface area contributed by atoms with Crippen molar-refractivity contribution in [2.24, 2.45) is 0 Å². The molecule has 1 aromatic carbocycles. The molecule has 0 fully saturated rings. The number of hydrogen-bond acceptors (Lipinski definition) is 5. The van der Waals surface area contributed by atoms with E-state index in [4.69, 9.17) is 33.0 Å². The third kappa shape index (κ3) is 4.55. The molecule has 0 bridgehead atoms. The largest absolute Gasteiger partial charge is 0.478 e. The van der Waals surface area contributed by atoms with Crippen LogP contribution in [-0.4, -0.2) is 32.3 Å². The van der Waals surface area contributed by atoms with E-state index in [0.717, 1.165) is 30.6 Å². The van der Waals surface area contributed by atoms with Gasteiger partial charge in [-0.3, -0.25) is 0 Å². The number of carbonyl (C=O) groups is 1. The monoisotopic (exact) mass is 484 g/mol. The summed E-state index contributed by atoms with van der Waals surface area (Å²) in [5.74, 6) is -1.17. The molecule has 32 heavy (non-hydrogen) atoms. The molecule has 3 rings (SSSR count). The first-order valence-electron chi connectivity index (χ1n) is 8.71. The van der Waals surface area contributed by atoms with E-state index in [1.54, 1.807) is 0 Å². The van der Waals surface area contributed by atoms with Crippen LogP contribution >= 0.6 is 23.2 Å². The van der Waals surface area contributed by atoms with E-state index in [0.29, 0.717) is 0 Å². The Bertz CT molecular complexity index is 1190. The zero-order valence-corrected chi connectivity index (χ0v) is 17.4. The number of nitrogens with zero attached hydrogens (tertiary/aromatic N) is 2. The molecule has 0 saturated carbocycles. The highest BCUT2D eigenvalue weighted by Crippen LogP contribution is 2.49. The number of aromatic nitrogens is 2. The summed E-state index contributed by atoms with van der Waals surface area (Å²) in [5, 5.41) is 19.3. The Labute approximate surface area is 189 Å². The molecule has 0 aliphatic carbocycles. The minimum Gasteiger partial charge on any atom is -0.478 e. The van der Waals surface area contributed by atoms with Gasteiger partial charge in [-0.2, -0.15) is 13.2 Å². The summed E-state index contributed by atoms with van der Waals surface area (Å²) in [6.07, 6.45) is -3.10. The Morgan fingerprint density at radius 3 is 2.34 bits per heavy atom. The molecular weight excluding hydrogens is 472 g/mol. The molecule has 0 aliphatic rings. The van der Waals surface area contributed by atoms with Gasteiger partial charge >= 0.3 is 12.1 Å². The molecule has 0 unspecified atom stereocenters. The van der Waals surface area contributed by atoms with E-state index in [1.165, 1.54) is 24.3 Å². The van der Waals surface area contributed by atoms with Crippen LogP contribution in [0.15, 0.2) is 61.4 Å². The van der Waals surface area contributed by atoms with Gasteiger partial charge in [0.1, 0.15) is 10.9 Å². The molecule has 0 spiro atoms. The Hall–Kier alpha value is -3.14. The maximum atomic E-state index is 14.0. The summed E-state index contributed by atoms with van der Waals surface area (Å²) in [6.45, 7) is 3.46. The lowest BCUT2D eigenvalue weighted by molar-refractivity contribution is -0.240. The van der Waals surface area contributed by atoms with Crippen LogP contribution in [0.1, 0.15) is 21.5 Å². The number of pyridine rings is 2. The first-order valence-corrected chi connectivity index (χ1v) is 9.46. The van der Waals surface area contributed by atoms with Gasteiger partial charge in [0, 0.05) is 34.6 Å². The fraction of sp³-hybridized carbons (Fsp3) is 0.0952. The molecule has 3 aromatic rings. The molecule has 2 heterocycles. The molecule has 0 saturated heterocycles. The Balaban J connectivity index is 2.02. The lowest BCUT2D eigenvalue weighted by Gasteiger charge is -2.33. The van der Waals surface area contributed by atoms with Gasteiger partial charge in [0.05, 0.1) is 5.56 Å². The highest BCUT2D eigenvalue weighted by atomic mass is 35.5. The van der Waals surface area contributed by atoms with Gasteiger partial charge in [0.2, 0.25) is 11.5 Å². The molecule has 11 heteroatoms. The van der Waals surface area contributed by atoms with Crippen molar-refractivity contribution in [3.63, 3.8) is 0 Å². The summed E-state index contributed by atoms with van der Waals surface area (Å²) in [4.78, 5) is 18.4. The SMILES string of the molecule is C=C(c1cc(Oc2ccc(C(=O)O)cn2)ccc1Cl)[C@@](O)(c1ccnc(Cl)c1)C(F)(F)F. The average molecular weight is 485 g/mol. The standard InChI is InChI=1S/C21H13Cl2F3N2O4/c1-11(20(31,21(24,25)26)13-6-7-27-17(23)8-13)15-9-14(3-4-16(15)22)32-18-5-2-12(10-28-18)19(29)30/h2-10,31H,1H2,(H,29,30)/t20-/m1/s1. The van der Waals surface area contributed by atoms with E-state index in [9.17, 15) is 23.1 Å². The Morgan fingerprint density at radius 1 is 1.06 bits per heavy atom. The van der Waals surface area contributed by atoms with Crippen LogP contribution in [0.5, 0.6) is 11.6 Å². The lowest BCUT2D eigenvalue weighted by atomic mass is 9.83. The van der Waals surface area contributed by atoms with Crippen molar-refractivity contribution in [1.29, 1.82) is 0 Å². The molecule has 2 N–H and O–H groups in total. The number of aromatic carboxylic acids is 1. The van der Waals surface area contributed by atoms with Gasteiger partial charge in [-0.05, 0) is 42.0 Å². The molecular formula is C21H13Cl2F3N2O4. The maximum Gasteiger partial charge on any atom is 0.425 e. The molecule has 1 atom stereocenters. The minimum absolute atomic E-state index is 0.0131. The number of hydrogen-bond donors (Lipinski definition) is 2. The van der Waals surface area contributed by atoms with Crippen LogP contribution in [0.3, 0.4) is 0 Å². The maximum absolute atomic E-state index is 14.0. The van der Waals surface area contributed by atoms with Crippen molar-refractivity contribution in [3.05, 3.63) is 88.3 Å². The molecule has 0 radical (unpaired) electrons. The Kier molecular flexibility index (Phi) is 6.45.